The molecule has 0 saturated carbocycles. The third-order valence-corrected chi connectivity index (χ3v) is 9.17. The Morgan fingerprint density at radius 2 is 1.60 bits per heavy atom. The number of fused-ring (bicyclic) bond motifs is 3. The number of hydrogen-bond donors (Lipinski definition) is 1. The summed E-state index contributed by atoms with van der Waals surface area (Å²) in [4.78, 5) is 24.6. The van der Waals surface area contributed by atoms with Gasteiger partial charge in [0.2, 0.25) is 5.91 Å². The van der Waals surface area contributed by atoms with Gasteiger partial charge in [-0.15, -0.1) is 0 Å². The first-order valence-electron chi connectivity index (χ1n) is 17.0. The molecule has 1 aliphatic rings. The number of methoxy groups -OCH3 is 1. The van der Waals surface area contributed by atoms with E-state index in [9.17, 15) is 9.59 Å². The minimum Gasteiger partial charge on any atom is -0.482 e. The lowest BCUT2D eigenvalue weighted by atomic mass is 9.79. The Morgan fingerprint density at radius 1 is 0.953 bits per heavy atom. The SMILES string of the molecule is CCCCCCCCCCCCCn1c2c(c3cc(OCC(=O)OC)c(CCCCCC#N)cc31)C(C(N)=O)CCC2C. The van der Waals surface area contributed by atoms with Crippen molar-refractivity contribution in [1.29, 1.82) is 5.26 Å². The Bertz CT molecular complexity index is 1210. The smallest absolute Gasteiger partial charge is 0.343 e. The van der Waals surface area contributed by atoms with Crippen LogP contribution in [0.25, 0.3) is 10.9 Å². The molecule has 0 fully saturated rings. The first-order valence-corrected chi connectivity index (χ1v) is 17.0. The van der Waals surface area contributed by atoms with E-state index in [2.05, 4.69) is 30.6 Å². The van der Waals surface area contributed by atoms with Crippen LogP contribution in [-0.4, -0.2) is 30.2 Å². The van der Waals surface area contributed by atoms with Gasteiger partial charge in [-0.2, -0.15) is 5.26 Å². The molecule has 0 saturated heterocycles. The van der Waals surface area contributed by atoms with Crippen LogP contribution < -0.4 is 10.5 Å². The van der Waals surface area contributed by atoms with Crippen molar-refractivity contribution in [2.75, 3.05) is 13.7 Å². The van der Waals surface area contributed by atoms with Gasteiger partial charge in [-0.3, -0.25) is 4.79 Å². The van der Waals surface area contributed by atoms with Crippen LogP contribution in [0.3, 0.4) is 0 Å². The number of esters is 1. The summed E-state index contributed by atoms with van der Waals surface area (Å²) >= 11 is 0. The van der Waals surface area contributed by atoms with Crippen molar-refractivity contribution in [2.45, 2.75) is 148 Å². The lowest BCUT2D eigenvalue weighted by molar-refractivity contribution is -0.142. The number of carbonyl (C=O) groups excluding carboxylic acids is 2. The second kappa shape index (κ2) is 18.6. The van der Waals surface area contributed by atoms with E-state index in [1.54, 1.807) is 0 Å². The van der Waals surface area contributed by atoms with Gasteiger partial charge in [0.15, 0.2) is 6.61 Å². The Morgan fingerprint density at radius 3 is 2.23 bits per heavy atom. The number of carbonyl (C=O) groups is 2. The molecule has 0 bridgehead atoms. The predicted octanol–water partition coefficient (Wildman–Crippen LogP) is 8.60. The third kappa shape index (κ3) is 10.0. The van der Waals surface area contributed by atoms with Gasteiger partial charge >= 0.3 is 5.97 Å². The predicted molar refractivity (Wildman–Crippen MR) is 173 cm³/mol. The number of ether oxygens (including phenoxy) is 2. The molecule has 0 aliphatic heterocycles. The molecule has 1 heterocycles. The molecular weight excluding hydrogens is 538 g/mol. The summed E-state index contributed by atoms with van der Waals surface area (Å²) < 4.78 is 13.3. The minimum atomic E-state index is -0.431. The number of nitrogens with zero attached hydrogens (tertiary/aromatic N) is 2. The van der Waals surface area contributed by atoms with Crippen LogP contribution in [0.5, 0.6) is 5.75 Å². The first-order chi connectivity index (χ1) is 20.9. The van der Waals surface area contributed by atoms with E-state index < -0.39 is 5.97 Å². The van der Waals surface area contributed by atoms with Crippen LogP contribution in [0.4, 0.5) is 0 Å². The highest BCUT2D eigenvalue weighted by Crippen LogP contribution is 2.46. The van der Waals surface area contributed by atoms with E-state index in [0.717, 1.165) is 73.5 Å². The fraction of sp³-hybridized carbons (Fsp3) is 0.694. The number of unbranched alkanes of at least 4 members (excludes halogenated alkanes) is 13. The van der Waals surface area contributed by atoms with E-state index in [1.807, 2.05) is 6.07 Å². The van der Waals surface area contributed by atoms with Gasteiger partial charge in [0.1, 0.15) is 5.75 Å². The largest absolute Gasteiger partial charge is 0.482 e. The fourth-order valence-electron chi connectivity index (χ4n) is 6.74. The quantitative estimate of drug-likeness (QED) is 0.115. The highest BCUT2D eigenvalue weighted by Gasteiger charge is 2.34. The molecule has 7 nitrogen and oxygen atoms in total. The van der Waals surface area contributed by atoms with Crippen LogP contribution in [0.2, 0.25) is 0 Å². The summed E-state index contributed by atoms with van der Waals surface area (Å²) in [5, 5.41) is 9.93. The van der Waals surface area contributed by atoms with Crippen LogP contribution in [0.15, 0.2) is 12.1 Å². The average molecular weight is 594 g/mol. The molecule has 1 aliphatic carbocycles. The number of hydrogen-bond acceptors (Lipinski definition) is 5. The number of nitriles is 1. The van der Waals surface area contributed by atoms with Crippen LogP contribution >= 0.6 is 0 Å². The maximum absolute atomic E-state index is 12.7. The molecule has 238 valence electrons. The third-order valence-electron chi connectivity index (χ3n) is 9.17. The first kappa shape index (κ1) is 34.5. The molecule has 3 rings (SSSR count). The average Bonchev–Trinajstić information content (AvgIpc) is 3.31. The van der Waals surface area contributed by atoms with Crippen molar-refractivity contribution in [3.63, 3.8) is 0 Å². The Hall–Kier alpha value is -3.01. The summed E-state index contributed by atoms with van der Waals surface area (Å²) in [7, 11) is 1.36. The molecular formula is C36H55N3O4. The van der Waals surface area contributed by atoms with Crippen molar-refractivity contribution >= 4 is 22.8 Å². The van der Waals surface area contributed by atoms with Crippen molar-refractivity contribution < 1.29 is 19.1 Å². The fourth-order valence-corrected chi connectivity index (χ4v) is 6.74. The van der Waals surface area contributed by atoms with E-state index in [1.165, 1.54) is 77.0 Å². The van der Waals surface area contributed by atoms with Gasteiger partial charge in [-0.1, -0.05) is 84.5 Å². The van der Waals surface area contributed by atoms with Gasteiger partial charge in [0, 0.05) is 29.6 Å². The zero-order valence-electron chi connectivity index (χ0n) is 27.1. The summed E-state index contributed by atoms with van der Waals surface area (Å²) in [5.74, 6) is -0.0355. The standard InChI is InChI=1S/C36H55N3O4/c1-4-5-6-7-8-9-10-11-12-15-18-23-39-31-24-28(19-16-13-14-17-22-37)32(43-26-33(40)42-3)25-30(31)34-29(36(38)41)21-20-27(2)35(34)39/h24-25,27,29H,4-21,23,26H2,1-3H3,(H2,38,41). The van der Waals surface area contributed by atoms with E-state index in [-0.39, 0.29) is 18.4 Å². The van der Waals surface area contributed by atoms with Crippen molar-refractivity contribution in [2.24, 2.45) is 5.73 Å². The number of amides is 1. The van der Waals surface area contributed by atoms with E-state index in [4.69, 9.17) is 20.5 Å². The molecule has 2 unspecified atom stereocenters. The Labute approximate surface area is 259 Å². The second-order valence-electron chi connectivity index (χ2n) is 12.5. The molecule has 1 aromatic carbocycles. The zero-order valence-corrected chi connectivity index (χ0v) is 27.1. The molecule has 2 N–H and O–H groups in total. The maximum atomic E-state index is 12.7. The Balaban J connectivity index is 1.83. The van der Waals surface area contributed by atoms with Gasteiger partial charge in [-0.25, -0.2) is 4.79 Å². The summed E-state index contributed by atoms with van der Waals surface area (Å²) in [5.41, 5.74) is 10.4. The second-order valence-corrected chi connectivity index (χ2v) is 12.5. The zero-order chi connectivity index (χ0) is 31.0. The summed E-state index contributed by atoms with van der Waals surface area (Å²) in [6.45, 7) is 5.28. The molecule has 2 aromatic rings. The van der Waals surface area contributed by atoms with Gasteiger partial charge in [-0.05, 0) is 67.7 Å². The number of aromatic nitrogens is 1. The number of nitrogens with two attached hydrogens (primary N) is 1. The van der Waals surface area contributed by atoms with E-state index >= 15 is 0 Å². The number of benzene rings is 1. The highest BCUT2D eigenvalue weighted by atomic mass is 16.6. The molecule has 0 radical (unpaired) electrons. The molecule has 7 heteroatoms. The van der Waals surface area contributed by atoms with Gasteiger partial charge < -0.3 is 19.8 Å². The Kier molecular flexibility index (Phi) is 14.9. The molecule has 0 spiro atoms. The van der Waals surface area contributed by atoms with Crippen molar-refractivity contribution in [3.05, 3.63) is 29.0 Å². The summed E-state index contributed by atoms with van der Waals surface area (Å²) in [6.07, 6.45) is 20.1. The topological polar surface area (TPSA) is 107 Å². The maximum Gasteiger partial charge on any atom is 0.343 e. The normalized spacial score (nSPS) is 16.1. The van der Waals surface area contributed by atoms with E-state index in [0.29, 0.717) is 18.1 Å². The molecule has 43 heavy (non-hydrogen) atoms. The lowest BCUT2D eigenvalue weighted by Crippen LogP contribution is -2.26. The number of primary amides is 1. The lowest BCUT2D eigenvalue weighted by Gasteiger charge is -2.27. The van der Waals surface area contributed by atoms with Crippen LogP contribution in [0.1, 0.15) is 152 Å². The number of aryl methyl sites for hydroxylation is 2. The van der Waals surface area contributed by atoms with Crippen LogP contribution in [0, 0.1) is 11.3 Å². The summed E-state index contributed by atoms with van der Waals surface area (Å²) in [6, 6.07) is 6.47. The van der Waals surface area contributed by atoms with Crippen LogP contribution in [-0.2, 0) is 27.3 Å². The molecule has 2 atom stereocenters. The molecule has 1 aromatic heterocycles. The van der Waals surface area contributed by atoms with Gasteiger partial charge in [0.05, 0.1) is 19.1 Å². The minimum absolute atomic E-state index is 0.166. The monoisotopic (exact) mass is 593 g/mol. The number of rotatable bonds is 21. The van der Waals surface area contributed by atoms with Gasteiger partial charge in [0.25, 0.3) is 0 Å². The highest BCUT2D eigenvalue weighted by molar-refractivity contribution is 5.95. The molecule has 1 amide bonds. The van der Waals surface area contributed by atoms with Crippen molar-refractivity contribution in [1.82, 2.24) is 4.57 Å². The van der Waals surface area contributed by atoms with Crippen molar-refractivity contribution in [3.8, 4) is 11.8 Å².